The number of aryl methyl sites for hydroxylation is 1. The van der Waals surface area contributed by atoms with Gasteiger partial charge in [0.15, 0.2) is 5.69 Å². The number of nitrogens with zero attached hydrogens (tertiary/aromatic N) is 1. The van der Waals surface area contributed by atoms with Crippen molar-refractivity contribution in [2.24, 2.45) is 5.73 Å². The number of thiazole rings is 1. The van der Waals surface area contributed by atoms with Gasteiger partial charge in [-0.25, -0.2) is 9.78 Å². The van der Waals surface area contributed by atoms with Crippen LogP contribution in [0.15, 0.2) is 0 Å². The van der Waals surface area contributed by atoms with Crippen LogP contribution in [0.2, 0.25) is 0 Å². The molecule has 0 aliphatic rings. The lowest BCUT2D eigenvalue weighted by Gasteiger charge is -2.01. The van der Waals surface area contributed by atoms with Gasteiger partial charge >= 0.3 is 5.97 Å². The van der Waals surface area contributed by atoms with E-state index in [0.717, 1.165) is 9.88 Å². The number of carbonyl (C=O) groups is 1. The van der Waals surface area contributed by atoms with Crippen LogP contribution in [0.1, 0.15) is 33.2 Å². The molecule has 0 saturated carbocycles. The predicted molar refractivity (Wildman–Crippen MR) is 55.7 cm³/mol. The molecule has 1 aromatic rings. The van der Waals surface area contributed by atoms with E-state index in [9.17, 15) is 4.79 Å². The highest BCUT2D eigenvalue weighted by molar-refractivity contribution is 7.12. The molecule has 14 heavy (non-hydrogen) atoms. The van der Waals surface area contributed by atoms with Gasteiger partial charge in [-0.2, -0.15) is 0 Å². The maximum absolute atomic E-state index is 11.2. The number of carbonyl (C=O) groups excluding carboxylic acids is 1. The fourth-order valence-electron chi connectivity index (χ4n) is 1.01. The quantitative estimate of drug-likeness (QED) is 0.770. The van der Waals surface area contributed by atoms with E-state index in [0.29, 0.717) is 12.2 Å². The van der Waals surface area contributed by atoms with Crippen LogP contribution in [-0.2, 0) is 4.74 Å². The number of methoxy groups -OCH3 is 1. The minimum atomic E-state index is -0.380. The SMILES string of the molecule is COC(=O)c1nc(C(C)CN)sc1C. The van der Waals surface area contributed by atoms with Crippen molar-refractivity contribution in [3.8, 4) is 0 Å². The number of hydrogen-bond donors (Lipinski definition) is 1. The molecule has 4 nitrogen and oxygen atoms in total. The zero-order chi connectivity index (χ0) is 10.7. The standard InChI is InChI=1S/C9H14N2O2S/c1-5(4-10)8-11-7(6(2)14-8)9(12)13-3/h5H,4,10H2,1-3H3. The molecule has 1 heterocycles. The molecule has 0 saturated heterocycles. The minimum absolute atomic E-state index is 0.192. The molecule has 0 spiro atoms. The van der Waals surface area contributed by atoms with E-state index in [1.807, 2.05) is 13.8 Å². The molecule has 0 radical (unpaired) electrons. The van der Waals surface area contributed by atoms with E-state index in [1.165, 1.54) is 18.4 Å². The summed E-state index contributed by atoms with van der Waals surface area (Å²) in [7, 11) is 1.35. The summed E-state index contributed by atoms with van der Waals surface area (Å²) in [6, 6.07) is 0. The minimum Gasteiger partial charge on any atom is -0.464 e. The van der Waals surface area contributed by atoms with E-state index in [-0.39, 0.29) is 11.9 Å². The molecule has 1 rings (SSSR count). The second kappa shape index (κ2) is 4.52. The largest absolute Gasteiger partial charge is 0.464 e. The maximum Gasteiger partial charge on any atom is 0.357 e. The molecule has 0 bridgehead atoms. The Morgan fingerprint density at radius 1 is 1.71 bits per heavy atom. The molecule has 0 aliphatic carbocycles. The van der Waals surface area contributed by atoms with Crippen molar-refractivity contribution >= 4 is 17.3 Å². The first-order valence-electron chi connectivity index (χ1n) is 4.35. The summed E-state index contributed by atoms with van der Waals surface area (Å²) in [6.07, 6.45) is 0. The smallest absolute Gasteiger partial charge is 0.357 e. The number of nitrogens with two attached hydrogens (primary N) is 1. The van der Waals surface area contributed by atoms with Crippen molar-refractivity contribution in [2.75, 3.05) is 13.7 Å². The molecular formula is C9H14N2O2S. The topological polar surface area (TPSA) is 65.2 Å². The summed E-state index contributed by atoms with van der Waals surface area (Å²) in [5.41, 5.74) is 5.93. The van der Waals surface area contributed by atoms with Gasteiger partial charge in [-0.1, -0.05) is 6.92 Å². The van der Waals surface area contributed by atoms with Crippen LogP contribution in [-0.4, -0.2) is 24.6 Å². The first-order chi connectivity index (χ1) is 6.60. The normalized spacial score (nSPS) is 12.6. The van der Waals surface area contributed by atoms with Crippen LogP contribution in [0.3, 0.4) is 0 Å². The summed E-state index contributed by atoms with van der Waals surface area (Å²) < 4.78 is 4.62. The van der Waals surface area contributed by atoms with Gasteiger partial charge in [-0.3, -0.25) is 0 Å². The molecule has 2 N–H and O–H groups in total. The van der Waals surface area contributed by atoms with Crippen LogP contribution in [0.5, 0.6) is 0 Å². The third-order valence-corrected chi connectivity index (χ3v) is 3.17. The molecular weight excluding hydrogens is 200 g/mol. The molecule has 0 aliphatic heterocycles. The third kappa shape index (κ3) is 2.10. The van der Waals surface area contributed by atoms with Gasteiger partial charge in [0.05, 0.1) is 12.1 Å². The van der Waals surface area contributed by atoms with Gasteiger partial charge in [0.25, 0.3) is 0 Å². The average Bonchev–Trinajstić information content (AvgIpc) is 2.58. The van der Waals surface area contributed by atoms with Crippen LogP contribution >= 0.6 is 11.3 Å². The third-order valence-electron chi connectivity index (χ3n) is 1.97. The Labute approximate surface area is 87.1 Å². The predicted octanol–water partition coefficient (Wildman–Crippen LogP) is 1.30. The molecule has 0 amide bonds. The Kier molecular flexibility index (Phi) is 3.60. The van der Waals surface area contributed by atoms with Crippen molar-refractivity contribution in [1.82, 2.24) is 4.98 Å². The van der Waals surface area contributed by atoms with Gasteiger partial charge in [0.2, 0.25) is 0 Å². The number of esters is 1. The van der Waals surface area contributed by atoms with Gasteiger partial charge in [0, 0.05) is 17.3 Å². The van der Waals surface area contributed by atoms with Gasteiger partial charge < -0.3 is 10.5 Å². The van der Waals surface area contributed by atoms with Gasteiger partial charge in [0.1, 0.15) is 0 Å². The van der Waals surface area contributed by atoms with Gasteiger partial charge in [-0.05, 0) is 6.92 Å². The first-order valence-corrected chi connectivity index (χ1v) is 5.17. The fraction of sp³-hybridized carbons (Fsp3) is 0.556. The Hall–Kier alpha value is -0.940. The lowest BCUT2D eigenvalue weighted by atomic mass is 10.2. The highest BCUT2D eigenvalue weighted by Crippen LogP contribution is 2.24. The summed E-state index contributed by atoms with van der Waals surface area (Å²) in [5.74, 6) is -0.189. The van der Waals surface area contributed by atoms with E-state index < -0.39 is 0 Å². The molecule has 1 atom stereocenters. The number of rotatable bonds is 3. The van der Waals surface area contributed by atoms with Crippen LogP contribution < -0.4 is 5.73 Å². The Morgan fingerprint density at radius 2 is 2.36 bits per heavy atom. The molecule has 0 fully saturated rings. The zero-order valence-electron chi connectivity index (χ0n) is 8.53. The van der Waals surface area contributed by atoms with E-state index >= 15 is 0 Å². The second-order valence-corrected chi connectivity index (χ2v) is 4.32. The lowest BCUT2D eigenvalue weighted by molar-refractivity contribution is 0.0594. The number of ether oxygens (including phenoxy) is 1. The Bertz CT molecular complexity index is 336. The summed E-state index contributed by atoms with van der Waals surface area (Å²) >= 11 is 1.50. The van der Waals surface area contributed by atoms with Crippen LogP contribution in [0.4, 0.5) is 0 Å². The molecule has 5 heteroatoms. The molecule has 0 aromatic carbocycles. The van der Waals surface area contributed by atoms with Crippen molar-refractivity contribution in [1.29, 1.82) is 0 Å². The number of hydrogen-bond acceptors (Lipinski definition) is 5. The Balaban J connectivity index is 2.98. The van der Waals surface area contributed by atoms with Crippen molar-refractivity contribution < 1.29 is 9.53 Å². The first kappa shape index (κ1) is 11.1. The van der Waals surface area contributed by atoms with Crippen molar-refractivity contribution in [2.45, 2.75) is 19.8 Å². The lowest BCUT2D eigenvalue weighted by Crippen LogP contribution is -2.09. The van der Waals surface area contributed by atoms with E-state index in [1.54, 1.807) is 0 Å². The second-order valence-electron chi connectivity index (χ2n) is 3.09. The summed E-state index contributed by atoms with van der Waals surface area (Å²) in [5, 5.41) is 0.894. The fourth-order valence-corrected chi connectivity index (χ4v) is 1.99. The van der Waals surface area contributed by atoms with Crippen LogP contribution in [0.25, 0.3) is 0 Å². The van der Waals surface area contributed by atoms with E-state index in [2.05, 4.69) is 9.72 Å². The molecule has 1 unspecified atom stereocenters. The Morgan fingerprint density at radius 3 is 2.86 bits per heavy atom. The highest BCUT2D eigenvalue weighted by atomic mass is 32.1. The van der Waals surface area contributed by atoms with Crippen LogP contribution in [0, 0.1) is 6.92 Å². The number of aromatic nitrogens is 1. The highest BCUT2D eigenvalue weighted by Gasteiger charge is 2.17. The van der Waals surface area contributed by atoms with Gasteiger partial charge in [-0.15, -0.1) is 11.3 Å². The molecule has 1 aromatic heterocycles. The average molecular weight is 214 g/mol. The molecule has 78 valence electrons. The monoisotopic (exact) mass is 214 g/mol. The summed E-state index contributed by atoms with van der Waals surface area (Å²) in [6.45, 7) is 4.38. The zero-order valence-corrected chi connectivity index (χ0v) is 9.35. The van der Waals surface area contributed by atoms with Crippen molar-refractivity contribution in [3.05, 3.63) is 15.6 Å². The van der Waals surface area contributed by atoms with E-state index in [4.69, 9.17) is 5.73 Å². The summed E-state index contributed by atoms with van der Waals surface area (Å²) in [4.78, 5) is 16.3. The maximum atomic E-state index is 11.2. The van der Waals surface area contributed by atoms with Crippen molar-refractivity contribution in [3.63, 3.8) is 0 Å².